The highest BCUT2D eigenvalue weighted by Crippen LogP contribution is 2.16. The van der Waals surface area contributed by atoms with E-state index in [1.54, 1.807) is 18.1 Å². The van der Waals surface area contributed by atoms with E-state index in [4.69, 9.17) is 0 Å². The Bertz CT molecular complexity index is 940. The third kappa shape index (κ3) is 3.46. The molecule has 0 aliphatic rings. The molecular weight excluding hydrogens is 324 g/mol. The molecule has 0 bridgehead atoms. The maximum atomic E-state index is 12.3. The monoisotopic (exact) mass is 340 g/mol. The van der Waals surface area contributed by atoms with Crippen LogP contribution in [0.1, 0.15) is 5.56 Å². The lowest BCUT2D eigenvalue weighted by molar-refractivity contribution is -0.115. The number of rotatable bonds is 4. The molecule has 6 nitrogen and oxygen atoms in total. The van der Waals surface area contributed by atoms with Crippen molar-refractivity contribution < 1.29 is 4.79 Å². The summed E-state index contributed by atoms with van der Waals surface area (Å²) in [6.07, 6.45) is 1.65. The van der Waals surface area contributed by atoms with Gasteiger partial charge in [0.15, 0.2) is 5.16 Å². The lowest BCUT2D eigenvalue weighted by atomic mass is 10.3. The highest BCUT2D eigenvalue weighted by Gasteiger charge is 2.13. The molecule has 24 heavy (non-hydrogen) atoms. The van der Waals surface area contributed by atoms with Crippen LogP contribution in [-0.2, 0) is 4.79 Å². The van der Waals surface area contributed by atoms with Crippen LogP contribution in [0.2, 0.25) is 0 Å². The van der Waals surface area contributed by atoms with Crippen LogP contribution in [0, 0.1) is 6.92 Å². The molecule has 2 heterocycles. The van der Waals surface area contributed by atoms with Gasteiger partial charge in [-0.3, -0.25) is 9.20 Å². The van der Waals surface area contributed by atoms with E-state index in [-0.39, 0.29) is 11.7 Å². The van der Waals surface area contributed by atoms with Crippen molar-refractivity contribution in [1.29, 1.82) is 0 Å². The molecular formula is C17H16N4O2S. The summed E-state index contributed by atoms with van der Waals surface area (Å²) >= 11 is 1.16. The van der Waals surface area contributed by atoms with E-state index in [0.717, 1.165) is 23.0 Å². The van der Waals surface area contributed by atoms with Gasteiger partial charge >= 0.3 is 5.69 Å². The van der Waals surface area contributed by atoms with Crippen molar-refractivity contribution in [2.75, 3.05) is 17.7 Å². The molecule has 0 fully saturated rings. The Morgan fingerprint density at radius 1 is 1.21 bits per heavy atom. The highest BCUT2D eigenvalue weighted by molar-refractivity contribution is 7.99. The summed E-state index contributed by atoms with van der Waals surface area (Å²) in [7, 11) is 1.72. The first-order valence-corrected chi connectivity index (χ1v) is 8.34. The van der Waals surface area contributed by atoms with Crippen molar-refractivity contribution in [2.45, 2.75) is 12.1 Å². The van der Waals surface area contributed by atoms with Crippen molar-refractivity contribution >= 4 is 29.0 Å². The van der Waals surface area contributed by atoms with E-state index >= 15 is 0 Å². The molecule has 0 saturated carbocycles. The van der Waals surface area contributed by atoms with Gasteiger partial charge in [-0.15, -0.1) is 0 Å². The smallest absolute Gasteiger partial charge is 0.315 e. The standard InChI is InChI=1S/C17H16N4O2S/c1-12-8-9-21-14(10-12)18-16(19-17(21)23)24-11-15(22)20(2)13-6-4-3-5-7-13/h3-10H,11H2,1-2H3. The van der Waals surface area contributed by atoms with E-state index in [9.17, 15) is 9.59 Å². The Morgan fingerprint density at radius 3 is 2.71 bits per heavy atom. The molecule has 0 radical (unpaired) electrons. The summed E-state index contributed by atoms with van der Waals surface area (Å²) in [6.45, 7) is 1.93. The van der Waals surface area contributed by atoms with Gasteiger partial charge in [0.05, 0.1) is 5.75 Å². The molecule has 7 heteroatoms. The predicted molar refractivity (Wildman–Crippen MR) is 94.6 cm³/mol. The van der Waals surface area contributed by atoms with Crippen LogP contribution >= 0.6 is 11.8 Å². The molecule has 0 spiro atoms. The van der Waals surface area contributed by atoms with Gasteiger partial charge in [0.2, 0.25) is 5.91 Å². The Labute approximate surface area is 143 Å². The minimum absolute atomic E-state index is 0.0840. The zero-order chi connectivity index (χ0) is 17.1. The normalized spacial score (nSPS) is 10.8. The van der Waals surface area contributed by atoms with E-state index < -0.39 is 5.69 Å². The molecule has 0 atom stereocenters. The quantitative estimate of drug-likeness (QED) is 0.681. The molecule has 2 aromatic heterocycles. The maximum absolute atomic E-state index is 12.3. The van der Waals surface area contributed by atoms with Crippen molar-refractivity contribution in [2.24, 2.45) is 0 Å². The lowest BCUT2D eigenvalue weighted by Gasteiger charge is -2.16. The molecule has 0 aliphatic carbocycles. The zero-order valence-electron chi connectivity index (χ0n) is 13.3. The van der Waals surface area contributed by atoms with E-state index in [2.05, 4.69) is 9.97 Å². The van der Waals surface area contributed by atoms with Gasteiger partial charge in [0.1, 0.15) is 5.65 Å². The van der Waals surface area contributed by atoms with Gasteiger partial charge in [0, 0.05) is 18.9 Å². The van der Waals surface area contributed by atoms with Crippen LogP contribution in [-0.4, -0.2) is 33.1 Å². The summed E-state index contributed by atoms with van der Waals surface area (Å²) in [4.78, 5) is 34.1. The fourth-order valence-electron chi connectivity index (χ4n) is 2.18. The van der Waals surface area contributed by atoms with E-state index in [0.29, 0.717) is 10.8 Å². The molecule has 1 amide bonds. The number of anilines is 1. The van der Waals surface area contributed by atoms with Crippen molar-refractivity contribution in [3.05, 3.63) is 64.7 Å². The second-order valence-electron chi connectivity index (χ2n) is 5.30. The molecule has 0 unspecified atom stereocenters. The predicted octanol–water partition coefficient (Wildman–Crippen LogP) is 2.15. The number of pyridine rings is 1. The summed E-state index contributed by atoms with van der Waals surface area (Å²) in [5.74, 6) is 0.0755. The van der Waals surface area contributed by atoms with Gasteiger partial charge in [0.25, 0.3) is 0 Å². The fourth-order valence-corrected chi connectivity index (χ4v) is 2.93. The Morgan fingerprint density at radius 2 is 1.96 bits per heavy atom. The summed E-state index contributed by atoms with van der Waals surface area (Å²) in [5, 5.41) is 0.306. The van der Waals surface area contributed by atoms with Crippen LogP contribution in [0.5, 0.6) is 0 Å². The average Bonchev–Trinajstić information content (AvgIpc) is 2.59. The highest BCUT2D eigenvalue weighted by atomic mass is 32.2. The number of hydrogen-bond donors (Lipinski definition) is 0. The number of thioether (sulfide) groups is 1. The van der Waals surface area contributed by atoms with Crippen LogP contribution in [0.15, 0.2) is 58.6 Å². The summed E-state index contributed by atoms with van der Waals surface area (Å²) in [5.41, 5.74) is 1.95. The minimum Gasteiger partial charge on any atom is -0.315 e. The van der Waals surface area contributed by atoms with Gasteiger partial charge in [-0.05, 0) is 36.8 Å². The third-order valence-electron chi connectivity index (χ3n) is 3.54. The second kappa shape index (κ2) is 6.84. The number of carbonyl (C=O) groups excluding carboxylic acids is 1. The fraction of sp³-hybridized carbons (Fsp3) is 0.176. The number of nitrogens with zero attached hydrogens (tertiary/aromatic N) is 4. The number of benzene rings is 1. The maximum Gasteiger partial charge on any atom is 0.355 e. The molecule has 0 saturated heterocycles. The van der Waals surface area contributed by atoms with Crippen LogP contribution < -0.4 is 10.6 Å². The van der Waals surface area contributed by atoms with Crippen LogP contribution in [0.3, 0.4) is 0 Å². The first-order chi connectivity index (χ1) is 11.5. The van der Waals surface area contributed by atoms with Crippen LogP contribution in [0.25, 0.3) is 5.65 Å². The van der Waals surface area contributed by atoms with Gasteiger partial charge in [-0.2, -0.15) is 4.98 Å². The Balaban J connectivity index is 1.76. The van der Waals surface area contributed by atoms with Crippen molar-refractivity contribution in [1.82, 2.24) is 14.4 Å². The van der Waals surface area contributed by atoms with Gasteiger partial charge < -0.3 is 4.90 Å². The molecule has 3 rings (SSSR count). The van der Waals surface area contributed by atoms with E-state index in [1.807, 2.05) is 49.4 Å². The largest absolute Gasteiger partial charge is 0.355 e. The number of aromatic nitrogens is 3. The number of amides is 1. The minimum atomic E-state index is -0.397. The van der Waals surface area contributed by atoms with Gasteiger partial charge in [-0.1, -0.05) is 30.0 Å². The first-order valence-electron chi connectivity index (χ1n) is 7.36. The van der Waals surface area contributed by atoms with Crippen molar-refractivity contribution in [3.63, 3.8) is 0 Å². The zero-order valence-corrected chi connectivity index (χ0v) is 14.2. The molecule has 0 aliphatic heterocycles. The topological polar surface area (TPSA) is 67.6 Å². The average molecular weight is 340 g/mol. The number of aryl methyl sites for hydroxylation is 1. The lowest BCUT2D eigenvalue weighted by Crippen LogP contribution is -2.28. The molecule has 122 valence electrons. The summed E-state index contributed by atoms with van der Waals surface area (Å²) in [6, 6.07) is 13.0. The number of para-hydroxylation sites is 1. The van der Waals surface area contributed by atoms with Crippen molar-refractivity contribution in [3.8, 4) is 0 Å². The molecule has 3 aromatic rings. The number of fused-ring (bicyclic) bond motifs is 1. The third-order valence-corrected chi connectivity index (χ3v) is 4.37. The second-order valence-corrected chi connectivity index (χ2v) is 6.24. The van der Waals surface area contributed by atoms with Crippen LogP contribution in [0.4, 0.5) is 5.69 Å². The SMILES string of the molecule is Cc1ccn2c(=O)nc(SCC(=O)N(C)c3ccccc3)nc2c1. The number of carbonyl (C=O) groups is 1. The van der Waals surface area contributed by atoms with E-state index in [1.165, 1.54) is 4.40 Å². The Hall–Kier alpha value is -2.67. The number of hydrogen-bond acceptors (Lipinski definition) is 5. The Kier molecular flexibility index (Phi) is 4.61. The molecule has 0 N–H and O–H groups in total. The molecule has 1 aromatic carbocycles. The first kappa shape index (κ1) is 16.2. The summed E-state index contributed by atoms with van der Waals surface area (Å²) < 4.78 is 1.38. The van der Waals surface area contributed by atoms with Gasteiger partial charge in [-0.25, -0.2) is 9.78 Å².